The molecule has 0 fully saturated rings. The van der Waals surface area contributed by atoms with Crippen LogP contribution >= 0.6 is 7.29 Å². The molecular weight excluding hydrogens is 361 g/mol. The Hall–Kier alpha value is -2.41. The van der Waals surface area contributed by atoms with E-state index in [0.29, 0.717) is 0 Å². The molecule has 0 amide bonds. The molecule has 0 spiro atoms. The lowest BCUT2D eigenvalue weighted by molar-refractivity contribution is 0.520. The molecule has 1 atom stereocenters. The van der Waals surface area contributed by atoms with E-state index in [-0.39, 0.29) is 6.04 Å². The van der Waals surface area contributed by atoms with Crippen LogP contribution in [0, 0.1) is 0 Å². The van der Waals surface area contributed by atoms with E-state index in [0.717, 1.165) is 36.3 Å². The van der Waals surface area contributed by atoms with Gasteiger partial charge in [0, 0.05) is 16.7 Å². The number of allylic oxidation sites excluding steroid dienone is 1. The molecule has 0 heterocycles. The zero-order valence-electron chi connectivity index (χ0n) is 16.2. The maximum absolute atomic E-state index is 14.3. The van der Waals surface area contributed by atoms with E-state index in [9.17, 15) is 4.57 Å². The van der Waals surface area contributed by atoms with Crippen molar-refractivity contribution < 1.29 is 4.57 Å². The summed E-state index contributed by atoms with van der Waals surface area (Å²) in [6.45, 7) is 3.84. The van der Waals surface area contributed by atoms with Crippen LogP contribution in [0.4, 0.5) is 0 Å². The molecule has 0 aliphatic carbocycles. The van der Waals surface area contributed by atoms with Crippen molar-refractivity contribution in [3.8, 4) is 0 Å². The van der Waals surface area contributed by atoms with Gasteiger partial charge in [0.25, 0.3) is 0 Å². The van der Waals surface area contributed by atoms with Gasteiger partial charge in [-0.1, -0.05) is 72.8 Å². The van der Waals surface area contributed by atoms with Gasteiger partial charge in [0.1, 0.15) is 0 Å². The molecule has 144 valence electrons. The summed E-state index contributed by atoms with van der Waals surface area (Å²) in [7, 11) is -2.94. The third kappa shape index (κ3) is 5.32. The van der Waals surface area contributed by atoms with Gasteiger partial charge in [-0.2, -0.15) is 0 Å². The van der Waals surface area contributed by atoms with Gasteiger partial charge in [-0.15, -0.1) is 6.58 Å². The maximum atomic E-state index is 14.3. The van der Waals surface area contributed by atoms with Crippen LogP contribution in [0.5, 0.6) is 0 Å². The second-order valence-electron chi connectivity index (χ2n) is 7.02. The summed E-state index contributed by atoms with van der Waals surface area (Å²) < 4.78 is 14.3. The van der Waals surface area contributed by atoms with Crippen molar-refractivity contribution in [1.82, 2.24) is 5.09 Å². The van der Waals surface area contributed by atoms with Crippen molar-refractivity contribution in [2.75, 3.05) is 0 Å². The molecule has 0 bridgehead atoms. The minimum Gasteiger partial charge on any atom is -0.297 e. The SMILES string of the molecule is C=CCCCC(Cc1ccccc1)NP(=O)(c1ccccc1)c1ccccc1. The van der Waals surface area contributed by atoms with Crippen LogP contribution in [0.2, 0.25) is 0 Å². The number of nitrogens with one attached hydrogen (secondary N) is 1. The lowest BCUT2D eigenvalue weighted by Gasteiger charge is -2.27. The number of unbranched alkanes of at least 4 members (excludes halogenated alkanes) is 1. The summed E-state index contributed by atoms with van der Waals surface area (Å²) in [5, 5.41) is 5.29. The Morgan fingerprint density at radius 3 is 1.82 bits per heavy atom. The maximum Gasteiger partial charge on any atom is 0.204 e. The molecule has 0 aromatic heterocycles. The third-order valence-corrected chi connectivity index (χ3v) is 7.67. The predicted octanol–water partition coefficient (Wildman–Crippen LogP) is 5.47. The van der Waals surface area contributed by atoms with Gasteiger partial charge in [0.15, 0.2) is 0 Å². The number of benzene rings is 3. The Morgan fingerprint density at radius 2 is 1.32 bits per heavy atom. The molecule has 2 nitrogen and oxygen atoms in total. The van der Waals surface area contributed by atoms with E-state index >= 15 is 0 Å². The van der Waals surface area contributed by atoms with Crippen LogP contribution in [0.15, 0.2) is 104 Å². The van der Waals surface area contributed by atoms with Gasteiger partial charge in [-0.25, -0.2) is 0 Å². The van der Waals surface area contributed by atoms with Crippen LogP contribution < -0.4 is 15.7 Å². The first-order valence-corrected chi connectivity index (χ1v) is 11.6. The minimum atomic E-state index is -2.94. The molecule has 0 aliphatic rings. The van der Waals surface area contributed by atoms with Crippen molar-refractivity contribution in [3.63, 3.8) is 0 Å². The first-order valence-electron chi connectivity index (χ1n) is 9.86. The Bertz CT molecular complexity index is 850. The van der Waals surface area contributed by atoms with E-state index in [2.05, 4.69) is 35.9 Å². The van der Waals surface area contributed by atoms with Gasteiger partial charge >= 0.3 is 0 Å². The summed E-state index contributed by atoms with van der Waals surface area (Å²) in [6.07, 6.45) is 5.74. The highest BCUT2D eigenvalue weighted by Gasteiger charge is 2.29. The fourth-order valence-corrected chi connectivity index (χ4v) is 5.97. The zero-order chi connectivity index (χ0) is 19.7. The molecule has 1 N–H and O–H groups in total. The zero-order valence-corrected chi connectivity index (χ0v) is 17.1. The minimum absolute atomic E-state index is 0.119. The second kappa shape index (κ2) is 10.2. The third-order valence-electron chi connectivity index (χ3n) is 4.89. The quantitative estimate of drug-likeness (QED) is 0.283. The number of hydrogen-bond donors (Lipinski definition) is 1. The topological polar surface area (TPSA) is 29.1 Å². The molecular formula is C25H28NOP. The molecule has 3 aromatic carbocycles. The van der Waals surface area contributed by atoms with Crippen LogP contribution in [0.1, 0.15) is 24.8 Å². The van der Waals surface area contributed by atoms with E-state index in [4.69, 9.17) is 0 Å². The highest BCUT2D eigenvalue weighted by atomic mass is 31.2. The molecule has 0 saturated heterocycles. The Labute approximate surface area is 168 Å². The van der Waals surface area contributed by atoms with Gasteiger partial charge in [-0.05, 0) is 55.5 Å². The average Bonchev–Trinajstić information content (AvgIpc) is 2.76. The Balaban J connectivity index is 1.92. The summed E-state index contributed by atoms with van der Waals surface area (Å²) in [5.74, 6) is 0. The molecule has 0 saturated carbocycles. The number of hydrogen-bond acceptors (Lipinski definition) is 1. The summed E-state index contributed by atoms with van der Waals surface area (Å²) in [4.78, 5) is 0. The fourth-order valence-electron chi connectivity index (χ4n) is 3.45. The average molecular weight is 389 g/mol. The van der Waals surface area contributed by atoms with E-state index < -0.39 is 7.29 Å². The van der Waals surface area contributed by atoms with Crippen LogP contribution in [0.3, 0.4) is 0 Å². The monoisotopic (exact) mass is 389 g/mol. The van der Waals surface area contributed by atoms with E-state index in [1.54, 1.807) is 0 Å². The van der Waals surface area contributed by atoms with E-state index in [1.807, 2.05) is 72.8 Å². The van der Waals surface area contributed by atoms with Gasteiger partial charge in [-0.3, -0.25) is 9.65 Å². The smallest absolute Gasteiger partial charge is 0.204 e. The van der Waals surface area contributed by atoms with Gasteiger partial charge < -0.3 is 0 Å². The van der Waals surface area contributed by atoms with Crippen LogP contribution in [0.25, 0.3) is 0 Å². The molecule has 0 aliphatic heterocycles. The molecule has 3 aromatic rings. The molecule has 1 unspecified atom stereocenters. The lowest BCUT2D eigenvalue weighted by Crippen LogP contribution is -2.36. The van der Waals surface area contributed by atoms with Crippen molar-refractivity contribution in [1.29, 1.82) is 0 Å². The molecule has 3 heteroatoms. The molecule has 28 heavy (non-hydrogen) atoms. The predicted molar refractivity (Wildman–Crippen MR) is 121 cm³/mol. The summed E-state index contributed by atoms with van der Waals surface area (Å²) >= 11 is 0. The van der Waals surface area contributed by atoms with Gasteiger partial charge in [0.05, 0.1) is 0 Å². The van der Waals surface area contributed by atoms with Crippen molar-refractivity contribution in [3.05, 3.63) is 109 Å². The Kier molecular flexibility index (Phi) is 7.42. The molecule has 0 radical (unpaired) electrons. The highest BCUT2D eigenvalue weighted by molar-refractivity contribution is 7.76. The summed E-state index contributed by atoms with van der Waals surface area (Å²) in [6, 6.07) is 30.1. The highest BCUT2D eigenvalue weighted by Crippen LogP contribution is 2.40. The van der Waals surface area contributed by atoms with Gasteiger partial charge in [0.2, 0.25) is 7.29 Å². The fraction of sp³-hybridized carbons (Fsp3) is 0.200. The van der Waals surface area contributed by atoms with Crippen LogP contribution in [-0.2, 0) is 11.0 Å². The second-order valence-corrected chi connectivity index (χ2v) is 9.53. The van der Waals surface area contributed by atoms with Crippen LogP contribution in [-0.4, -0.2) is 6.04 Å². The van der Waals surface area contributed by atoms with Crippen molar-refractivity contribution in [2.45, 2.75) is 31.7 Å². The molecule has 3 rings (SSSR count). The normalized spacial score (nSPS) is 12.4. The summed E-state index contributed by atoms with van der Waals surface area (Å²) in [5.41, 5.74) is 1.26. The standard InChI is InChI=1S/C25H28NOP/c1-2-3-7-16-23(21-22-14-8-4-9-15-22)26-28(27,24-17-10-5-11-18-24)25-19-12-6-13-20-25/h2,4-6,8-15,17-20,23H,1,3,7,16,21H2,(H,26,27). The first kappa shape index (κ1) is 20.3. The Morgan fingerprint density at radius 1 is 0.821 bits per heavy atom. The van der Waals surface area contributed by atoms with Crippen molar-refractivity contribution >= 4 is 17.9 Å². The van der Waals surface area contributed by atoms with Crippen molar-refractivity contribution in [2.24, 2.45) is 0 Å². The van der Waals surface area contributed by atoms with E-state index in [1.165, 1.54) is 5.56 Å². The largest absolute Gasteiger partial charge is 0.297 e. The lowest BCUT2D eigenvalue weighted by atomic mass is 10.0. The first-order chi connectivity index (χ1) is 13.7. The number of rotatable bonds is 10.